The van der Waals surface area contributed by atoms with Crippen LogP contribution in [-0.2, 0) is 15.9 Å². The fraction of sp³-hybridized carbons (Fsp3) is 0.481. The standard InChI is InChI=1S/C27H35BrO4/c1-2-3-4-5-6-7-8-9-12-20-31-26(29)24-13-10-11-14-25(24)27(30)32-21-19-22-15-17-23(28)18-16-22/h10-11,13-18H,2-9,12,19-21H2,1H3. The molecule has 0 aliphatic carbocycles. The number of esters is 2. The molecule has 0 N–H and O–H groups in total. The summed E-state index contributed by atoms with van der Waals surface area (Å²) in [5.74, 6) is -0.970. The summed E-state index contributed by atoms with van der Waals surface area (Å²) in [4.78, 5) is 25.0. The number of halogens is 1. The number of hydrogen-bond acceptors (Lipinski definition) is 4. The normalized spacial score (nSPS) is 10.7. The van der Waals surface area contributed by atoms with Crippen LogP contribution in [0.4, 0.5) is 0 Å². The monoisotopic (exact) mass is 502 g/mol. The van der Waals surface area contributed by atoms with Gasteiger partial charge in [0.05, 0.1) is 24.3 Å². The third-order valence-corrected chi connectivity index (χ3v) is 5.91. The van der Waals surface area contributed by atoms with Crippen LogP contribution in [0, 0.1) is 0 Å². The van der Waals surface area contributed by atoms with E-state index in [0.717, 1.165) is 22.9 Å². The van der Waals surface area contributed by atoms with Crippen LogP contribution in [-0.4, -0.2) is 25.2 Å². The highest BCUT2D eigenvalue weighted by molar-refractivity contribution is 9.10. The molecule has 0 heterocycles. The maximum Gasteiger partial charge on any atom is 0.339 e. The minimum Gasteiger partial charge on any atom is -0.462 e. The highest BCUT2D eigenvalue weighted by Crippen LogP contribution is 2.15. The van der Waals surface area contributed by atoms with E-state index in [2.05, 4.69) is 22.9 Å². The zero-order valence-corrected chi connectivity index (χ0v) is 20.7. The van der Waals surface area contributed by atoms with Gasteiger partial charge in [-0.05, 0) is 36.2 Å². The molecule has 0 unspecified atom stereocenters. The molecule has 0 amide bonds. The smallest absolute Gasteiger partial charge is 0.339 e. The summed E-state index contributed by atoms with van der Waals surface area (Å²) in [6, 6.07) is 14.6. The summed E-state index contributed by atoms with van der Waals surface area (Å²) in [5.41, 5.74) is 1.59. The van der Waals surface area contributed by atoms with Crippen molar-refractivity contribution in [2.45, 2.75) is 71.1 Å². The van der Waals surface area contributed by atoms with Gasteiger partial charge in [0.2, 0.25) is 0 Å². The van der Waals surface area contributed by atoms with E-state index in [1.54, 1.807) is 24.3 Å². The summed E-state index contributed by atoms with van der Waals surface area (Å²) in [6.07, 6.45) is 11.5. The second-order valence-electron chi connectivity index (χ2n) is 8.02. The first-order valence-corrected chi connectivity index (χ1v) is 12.6. The zero-order chi connectivity index (χ0) is 23.0. The van der Waals surface area contributed by atoms with E-state index >= 15 is 0 Å². The van der Waals surface area contributed by atoms with Gasteiger partial charge in [0, 0.05) is 10.9 Å². The van der Waals surface area contributed by atoms with E-state index in [-0.39, 0.29) is 17.7 Å². The minimum absolute atomic E-state index is 0.250. The van der Waals surface area contributed by atoms with Gasteiger partial charge < -0.3 is 9.47 Å². The molecule has 32 heavy (non-hydrogen) atoms. The van der Waals surface area contributed by atoms with Crippen molar-refractivity contribution in [2.24, 2.45) is 0 Å². The Kier molecular flexibility index (Phi) is 12.8. The molecule has 0 aromatic heterocycles. The molecule has 0 spiro atoms. The predicted molar refractivity (Wildman–Crippen MR) is 132 cm³/mol. The van der Waals surface area contributed by atoms with Gasteiger partial charge >= 0.3 is 11.9 Å². The molecule has 0 aliphatic heterocycles. The van der Waals surface area contributed by atoms with Crippen molar-refractivity contribution in [2.75, 3.05) is 13.2 Å². The number of rotatable bonds is 15. The first kappa shape index (κ1) is 26.1. The van der Waals surface area contributed by atoms with E-state index < -0.39 is 11.9 Å². The summed E-state index contributed by atoms with van der Waals surface area (Å²) < 4.78 is 11.8. The molecule has 0 bridgehead atoms. The fourth-order valence-corrected chi connectivity index (χ4v) is 3.75. The molecule has 2 aromatic carbocycles. The quantitative estimate of drug-likeness (QED) is 0.186. The Bertz CT molecular complexity index is 817. The van der Waals surface area contributed by atoms with Crippen molar-refractivity contribution in [3.8, 4) is 0 Å². The lowest BCUT2D eigenvalue weighted by molar-refractivity contribution is 0.0455. The van der Waals surface area contributed by atoms with Gasteiger partial charge in [-0.2, -0.15) is 0 Å². The third kappa shape index (κ3) is 9.99. The van der Waals surface area contributed by atoms with Gasteiger partial charge in [-0.3, -0.25) is 0 Å². The lowest BCUT2D eigenvalue weighted by Gasteiger charge is -2.10. The van der Waals surface area contributed by atoms with Gasteiger partial charge in [0.1, 0.15) is 0 Å². The molecular formula is C27H35BrO4. The number of carbonyl (C=O) groups excluding carboxylic acids is 2. The van der Waals surface area contributed by atoms with Crippen molar-refractivity contribution in [1.82, 2.24) is 0 Å². The Morgan fingerprint density at radius 2 is 1.19 bits per heavy atom. The lowest BCUT2D eigenvalue weighted by atomic mass is 10.1. The third-order valence-electron chi connectivity index (χ3n) is 5.39. The van der Waals surface area contributed by atoms with E-state index in [1.807, 2.05) is 24.3 Å². The fourth-order valence-electron chi connectivity index (χ4n) is 3.48. The molecule has 0 radical (unpaired) electrons. The second-order valence-corrected chi connectivity index (χ2v) is 8.94. The van der Waals surface area contributed by atoms with Crippen LogP contribution in [0.1, 0.15) is 91.0 Å². The average molecular weight is 503 g/mol. The highest BCUT2D eigenvalue weighted by Gasteiger charge is 2.18. The van der Waals surface area contributed by atoms with Crippen LogP contribution in [0.25, 0.3) is 0 Å². The lowest BCUT2D eigenvalue weighted by Crippen LogP contribution is -2.15. The van der Waals surface area contributed by atoms with Crippen molar-refractivity contribution >= 4 is 27.9 Å². The van der Waals surface area contributed by atoms with Crippen LogP contribution in [0.5, 0.6) is 0 Å². The summed E-state index contributed by atoms with van der Waals surface area (Å²) in [7, 11) is 0. The molecule has 4 nitrogen and oxygen atoms in total. The molecule has 174 valence electrons. The molecular weight excluding hydrogens is 468 g/mol. The van der Waals surface area contributed by atoms with Crippen molar-refractivity contribution in [1.29, 1.82) is 0 Å². The maximum absolute atomic E-state index is 12.5. The van der Waals surface area contributed by atoms with Gasteiger partial charge in [-0.1, -0.05) is 98.5 Å². The summed E-state index contributed by atoms with van der Waals surface area (Å²) in [5, 5.41) is 0. The Balaban J connectivity index is 1.70. The van der Waals surface area contributed by atoms with E-state index in [0.29, 0.717) is 13.0 Å². The first-order chi connectivity index (χ1) is 15.6. The van der Waals surface area contributed by atoms with Gasteiger partial charge in [-0.25, -0.2) is 9.59 Å². The molecule has 0 aliphatic rings. The molecule has 2 rings (SSSR count). The molecule has 0 fully saturated rings. The largest absolute Gasteiger partial charge is 0.462 e. The molecule has 5 heteroatoms. The number of unbranched alkanes of at least 4 members (excludes halogenated alkanes) is 8. The van der Waals surface area contributed by atoms with Crippen LogP contribution >= 0.6 is 15.9 Å². The number of carbonyl (C=O) groups is 2. The predicted octanol–water partition coefficient (Wildman–Crippen LogP) is 7.54. The van der Waals surface area contributed by atoms with Crippen LogP contribution < -0.4 is 0 Å². The van der Waals surface area contributed by atoms with Crippen LogP contribution in [0.2, 0.25) is 0 Å². The van der Waals surface area contributed by atoms with E-state index in [9.17, 15) is 9.59 Å². The van der Waals surface area contributed by atoms with Crippen LogP contribution in [0.15, 0.2) is 53.0 Å². The highest BCUT2D eigenvalue weighted by atomic mass is 79.9. The zero-order valence-electron chi connectivity index (χ0n) is 19.1. The number of ether oxygens (including phenoxy) is 2. The number of benzene rings is 2. The average Bonchev–Trinajstić information content (AvgIpc) is 2.81. The molecule has 0 atom stereocenters. The minimum atomic E-state index is -0.502. The molecule has 0 saturated carbocycles. The Morgan fingerprint density at radius 3 is 1.75 bits per heavy atom. The summed E-state index contributed by atoms with van der Waals surface area (Å²) >= 11 is 3.40. The topological polar surface area (TPSA) is 52.6 Å². The van der Waals surface area contributed by atoms with E-state index in [4.69, 9.17) is 9.47 Å². The first-order valence-electron chi connectivity index (χ1n) is 11.8. The number of hydrogen-bond donors (Lipinski definition) is 0. The Labute approximate surface area is 200 Å². The van der Waals surface area contributed by atoms with Crippen molar-refractivity contribution < 1.29 is 19.1 Å². The van der Waals surface area contributed by atoms with E-state index in [1.165, 1.54) is 44.9 Å². The van der Waals surface area contributed by atoms with Gasteiger partial charge in [0.15, 0.2) is 0 Å². The van der Waals surface area contributed by atoms with Crippen molar-refractivity contribution in [3.63, 3.8) is 0 Å². The van der Waals surface area contributed by atoms with Gasteiger partial charge in [-0.15, -0.1) is 0 Å². The molecule has 0 saturated heterocycles. The SMILES string of the molecule is CCCCCCCCCCCOC(=O)c1ccccc1C(=O)OCCc1ccc(Br)cc1. The Hall–Kier alpha value is -2.14. The van der Waals surface area contributed by atoms with Gasteiger partial charge in [0.25, 0.3) is 0 Å². The van der Waals surface area contributed by atoms with Crippen molar-refractivity contribution in [3.05, 3.63) is 69.7 Å². The maximum atomic E-state index is 12.5. The Morgan fingerprint density at radius 1 is 0.688 bits per heavy atom. The molecule has 2 aromatic rings. The second kappa shape index (κ2) is 15.6. The summed E-state index contributed by atoms with van der Waals surface area (Å²) in [6.45, 7) is 2.86. The van der Waals surface area contributed by atoms with Crippen LogP contribution in [0.3, 0.4) is 0 Å².